The van der Waals surface area contributed by atoms with Crippen molar-refractivity contribution in [1.29, 1.82) is 0 Å². The van der Waals surface area contributed by atoms with Crippen LogP contribution < -0.4 is 11.1 Å². The van der Waals surface area contributed by atoms with Crippen molar-refractivity contribution in [1.82, 2.24) is 4.98 Å². The van der Waals surface area contributed by atoms with Crippen LogP contribution in [0.15, 0.2) is 28.8 Å². The van der Waals surface area contributed by atoms with Gasteiger partial charge in [0.05, 0.1) is 18.3 Å². The number of anilines is 2. The van der Waals surface area contributed by atoms with Gasteiger partial charge < -0.3 is 20.6 Å². The minimum absolute atomic E-state index is 0.0728. The zero-order valence-corrected chi connectivity index (χ0v) is 9.80. The van der Waals surface area contributed by atoms with Crippen LogP contribution in [0.2, 0.25) is 0 Å². The summed E-state index contributed by atoms with van der Waals surface area (Å²) in [4.78, 5) is 14.9. The molecule has 4 N–H and O–H groups in total. The van der Waals surface area contributed by atoms with Crippen LogP contribution in [-0.4, -0.2) is 16.1 Å². The lowest BCUT2D eigenvalue weighted by molar-refractivity contribution is 0.0698. The van der Waals surface area contributed by atoms with E-state index in [1.807, 2.05) is 6.92 Å². The molecule has 18 heavy (non-hydrogen) atoms. The van der Waals surface area contributed by atoms with E-state index in [9.17, 15) is 4.79 Å². The van der Waals surface area contributed by atoms with Crippen LogP contribution in [0, 0.1) is 6.92 Å². The molecule has 0 saturated heterocycles. The highest BCUT2D eigenvalue weighted by Crippen LogP contribution is 2.18. The van der Waals surface area contributed by atoms with Gasteiger partial charge in [-0.05, 0) is 25.1 Å². The number of benzene rings is 1. The van der Waals surface area contributed by atoms with Crippen molar-refractivity contribution >= 4 is 17.3 Å². The van der Waals surface area contributed by atoms with Crippen LogP contribution in [-0.2, 0) is 6.54 Å². The van der Waals surface area contributed by atoms with Gasteiger partial charge in [-0.25, -0.2) is 9.78 Å². The van der Waals surface area contributed by atoms with Crippen molar-refractivity contribution in [3.8, 4) is 0 Å². The summed E-state index contributed by atoms with van der Waals surface area (Å²) in [5.41, 5.74) is 6.52. The molecule has 0 amide bonds. The topological polar surface area (TPSA) is 101 Å². The Kier molecular flexibility index (Phi) is 3.18. The highest BCUT2D eigenvalue weighted by molar-refractivity contribution is 5.94. The largest absolute Gasteiger partial charge is 0.478 e. The van der Waals surface area contributed by atoms with Crippen LogP contribution in [0.4, 0.5) is 11.4 Å². The molecule has 0 aliphatic rings. The minimum Gasteiger partial charge on any atom is -0.478 e. The summed E-state index contributed by atoms with van der Waals surface area (Å²) >= 11 is 0. The van der Waals surface area contributed by atoms with Crippen molar-refractivity contribution in [2.45, 2.75) is 13.5 Å². The number of nitrogen functional groups attached to an aromatic ring is 1. The molecule has 0 radical (unpaired) electrons. The minimum atomic E-state index is -1.05. The Morgan fingerprint density at radius 2 is 2.33 bits per heavy atom. The molecular weight excluding hydrogens is 234 g/mol. The summed E-state index contributed by atoms with van der Waals surface area (Å²) in [7, 11) is 0. The number of aromatic carboxylic acids is 1. The molecule has 2 rings (SSSR count). The van der Waals surface area contributed by atoms with Gasteiger partial charge in [0.25, 0.3) is 0 Å². The fraction of sp³-hybridized carbons (Fsp3) is 0.167. The number of carboxylic acids is 1. The molecule has 1 aromatic heterocycles. The van der Waals surface area contributed by atoms with Gasteiger partial charge in [0.15, 0.2) is 0 Å². The third kappa shape index (κ3) is 2.60. The van der Waals surface area contributed by atoms with E-state index in [-0.39, 0.29) is 11.3 Å². The molecule has 0 bridgehead atoms. The molecule has 1 heterocycles. The van der Waals surface area contributed by atoms with E-state index in [2.05, 4.69) is 10.3 Å². The Hall–Kier alpha value is -2.50. The molecular formula is C12H13N3O3. The molecule has 6 heteroatoms. The quantitative estimate of drug-likeness (QED) is 0.713. The molecule has 1 aromatic carbocycles. The molecule has 6 nitrogen and oxygen atoms in total. The summed E-state index contributed by atoms with van der Waals surface area (Å²) in [5.74, 6) is 0.222. The summed E-state index contributed by atoms with van der Waals surface area (Å²) in [5, 5.41) is 12.0. The molecule has 0 saturated carbocycles. The van der Waals surface area contributed by atoms with E-state index >= 15 is 0 Å². The van der Waals surface area contributed by atoms with Gasteiger partial charge in [0.1, 0.15) is 5.76 Å². The lowest BCUT2D eigenvalue weighted by Gasteiger charge is -2.06. The first-order valence-corrected chi connectivity index (χ1v) is 5.34. The molecule has 0 atom stereocenters. The summed E-state index contributed by atoms with van der Waals surface area (Å²) in [6.45, 7) is 2.19. The Morgan fingerprint density at radius 3 is 2.94 bits per heavy atom. The second-order valence-electron chi connectivity index (χ2n) is 3.83. The standard InChI is InChI=1S/C12H13N3O3/c1-7-5-15-11(18-7)6-14-8-2-3-10(13)9(4-8)12(16)17/h2-5,14H,6,13H2,1H3,(H,16,17). The molecule has 0 unspecified atom stereocenters. The zero-order valence-electron chi connectivity index (χ0n) is 9.80. The van der Waals surface area contributed by atoms with Gasteiger partial charge in [-0.1, -0.05) is 0 Å². The number of hydrogen-bond acceptors (Lipinski definition) is 5. The van der Waals surface area contributed by atoms with E-state index in [1.54, 1.807) is 18.3 Å². The predicted octanol–water partition coefficient (Wildman–Crippen LogP) is 1.88. The first-order chi connectivity index (χ1) is 8.56. The van der Waals surface area contributed by atoms with Crippen molar-refractivity contribution in [3.05, 3.63) is 41.6 Å². The average Bonchev–Trinajstić information content (AvgIpc) is 2.74. The highest BCUT2D eigenvalue weighted by Gasteiger charge is 2.09. The maximum atomic E-state index is 10.9. The molecule has 0 spiro atoms. The number of aromatic nitrogens is 1. The van der Waals surface area contributed by atoms with Gasteiger partial charge in [0.2, 0.25) is 5.89 Å². The SMILES string of the molecule is Cc1cnc(CNc2ccc(N)c(C(=O)O)c2)o1. The Balaban J connectivity index is 2.10. The molecule has 2 aromatic rings. The maximum Gasteiger partial charge on any atom is 0.337 e. The van der Waals surface area contributed by atoms with Gasteiger partial charge in [-0.3, -0.25) is 0 Å². The number of carbonyl (C=O) groups is 1. The van der Waals surface area contributed by atoms with E-state index < -0.39 is 5.97 Å². The van der Waals surface area contributed by atoms with Gasteiger partial charge >= 0.3 is 5.97 Å². The number of nitrogens with two attached hydrogens (primary N) is 1. The maximum absolute atomic E-state index is 10.9. The molecule has 94 valence electrons. The Bertz CT molecular complexity index is 578. The number of rotatable bonds is 4. The number of nitrogens with zero attached hydrogens (tertiary/aromatic N) is 1. The van der Waals surface area contributed by atoms with Crippen LogP contribution in [0.3, 0.4) is 0 Å². The number of nitrogens with one attached hydrogen (secondary N) is 1. The van der Waals surface area contributed by atoms with E-state index in [0.717, 1.165) is 5.76 Å². The third-order valence-electron chi connectivity index (χ3n) is 2.40. The van der Waals surface area contributed by atoms with Gasteiger partial charge in [-0.15, -0.1) is 0 Å². The third-order valence-corrected chi connectivity index (χ3v) is 2.40. The predicted molar refractivity (Wildman–Crippen MR) is 66.4 cm³/mol. The fourth-order valence-electron chi connectivity index (χ4n) is 1.51. The van der Waals surface area contributed by atoms with Crippen molar-refractivity contribution in [2.24, 2.45) is 0 Å². The molecule has 0 aliphatic carbocycles. The lowest BCUT2D eigenvalue weighted by Crippen LogP contribution is -2.05. The number of oxazole rings is 1. The monoisotopic (exact) mass is 247 g/mol. The molecule has 0 fully saturated rings. The van der Waals surface area contributed by atoms with Crippen molar-refractivity contribution < 1.29 is 14.3 Å². The highest BCUT2D eigenvalue weighted by atomic mass is 16.4. The fourth-order valence-corrected chi connectivity index (χ4v) is 1.51. The number of aryl methyl sites for hydroxylation is 1. The normalized spacial score (nSPS) is 10.3. The van der Waals surface area contributed by atoms with Gasteiger partial charge in [0, 0.05) is 11.4 Å². The Morgan fingerprint density at radius 1 is 1.56 bits per heavy atom. The summed E-state index contributed by atoms with van der Waals surface area (Å²) in [6, 6.07) is 4.73. The van der Waals surface area contributed by atoms with Gasteiger partial charge in [-0.2, -0.15) is 0 Å². The Labute approximate surface area is 103 Å². The first-order valence-electron chi connectivity index (χ1n) is 5.34. The number of carboxylic acid groups (broad SMARTS) is 1. The first kappa shape index (κ1) is 12.0. The summed E-state index contributed by atoms with van der Waals surface area (Å²) in [6.07, 6.45) is 1.63. The number of hydrogen-bond donors (Lipinski definition) is 3. The van der Waals surface area contributed by atoms with Crippen LogP contribution in [0.1, 0.15) is 22.0 Å². The average molecular weight is 247 g/mol. The second kappa shape index (κ2) is 4.79. The second-order valence-corrected chi connectivity index (χ2v) is 3.83. The van der Waals surface area contributed by atoms with Crippen molar-refractivity contribution in [2.75, 3.05) is 11.1 Å². The molecule has 0 aliphatic heterocycles. The van der Waals surface area contributed by atoms with E-state index in [4.69, 9.17) is 15.3 Å². The lowest BCUT2D eigenvalue weighted by atomic mass is 10.1. The van der Waals surface area contributed by atoms with Crippen molar-refractivity contribution in [3.63, 3.8) is 0 Å². The van der Waals surface area contributed by atoms with E-state index in [1.165, 1.54) is 6.07 Å². The van der Waals surface area contributed by atoms with Crippen LogP contribution in [0.25, 0.3) is 0 Å². The van der Waals surface area contributed by atoms with Crippen LogP contribution in [0.5, 0.6) is 0 Å². The smallest absolute Gasteiger partial charge is 0.337 e. The van der Waals surface area contributed by atoms with Crippen LogP contribution >= 0.6 is 0 Å². The zero-order chi connectivity index (χ0) is 13.1. The van der Waals surface area contributed by atoms with E-state index in [0.29, 0.717) is 18.1 Å². The summed E-state index contributed by atoms with van der Waals surface area (Å²) < 4.78 is 5.29.